The largest absolute Gasteiger partial charge is 0.546 e. The van der Waals surface area contributed by atoms with Crippen molar-refractivity contribution in [1.82, 2.24) is 0 Å². The van der Waals surface area contributed by atoms with Gasteiger partial charge in [0.05, 0.1) is 11.3 Å². The predicted molar refractivity (Wildman–Crippen MR) is 82.9 cm³/mol. The van der Waals surface area contributed by atoms with Gasteiger partial charge in [0.25, 0.3) is 0 Å². The van der Waals surface area contributed by atoms with Crippen LogP contribution in [0.4, 0.5) is 0 Å². The molecule has 0 atom stereocenters. The standard InChI is InChI=1S/C16H23NOSi/c1-13(18-19(5,6)16(2,3)4)15(12-17)14-10-8-7-9-11-14/h7-11H,1-6H3/b15-13+. The monoisotopic (exact) mass is 273 g/mol. The minimum atomic E-state index is -1.89. The number of nitriles is 1. The number of allylic oxidation sites excluding steroid dienone is 2. The first-order valence-electron chi connectivity index (χ1n) is 6.54. The van der Waals surface area contributed by atoms with Gasteiger partial charge >= 0.3 is 0 Å². The van der Waals surface area contributed by atoms with E-state index in [1.54, 1.807) is 0 Å². The molecule has 0 spiro atoms. The Bertz CT molecular complexity index is 504. The first-order chi connectivity index (χ1) is 8.69. The predicted octanol–water partition coefficient (Wildman–Crippen LogP) is 4.96. The second kappa shape index (κ2) is 5.62. The topological polar surface area (TPSA) is 33.0 Å². The first kappa shape index (κ1) is 15.5. The van der Waals surface area contributed by atoms with Gasteiger partial charge in [0.1, 0.15) is 6.07 Å². The smallest absolute Gasteiger partial charge is 0.250 e. The highest BCUT2D eigenvalue weighted by Crippen LogP contribution is 2.38. The Hall–Kier alpha value is -1.53. The van der Waals surface area contributed by atoms with E-state index in [4.69, 9.17) is 4.43 Å². The minimum Gasteiger partial charge on any atom is -0.546 e. The number of hydrogen-bond acceptors (Lipinski definition) is 2. The Morgan fingerprint density at radius 2 is 1.68 bits per heavy atom. The summed E-state index contributed by atoms with van der Waals surface area (Å²) in [5.74, 6) is 0.736. The first-order valence-corrected chi connectivity index (χ1v) is 9.45. The Morgan fingerprint density at radius 3 is 2.11 bits per heavy atom. The lowest BCUT2D eigenvalue weighted by atomic mass is 10.1. The third-order valence-electron chi connectivity index (χ3n) is 3.74. The molecule has 0 bridgehead atoms. The molecule has 19 heavy (non-hydrogen) atoms. The van der Waals surface area contributed by atoms with Gasteiger partial charge < -0.3 is 4.43 Å². The molecule has 0 aromatic heterocycles. The normalized spacial score (nSPS) is 13.5. The second-order valence-corrected chi connectivity index (χ2v) is 11.0. The van der Waals surface area contributed by atoms with Crippen LogP contribution in [0.2, 0.25) is 18.1 Å². The van der Waals surface area contributed by atoms with E-state index in [1.165, 1.54) is 0 Å². The van der Waals surface area contributed by atoms with Crippen LogP contribution < -0.4 is 0 Å². The molecule has 2 nitrogen and oxygen atoms in total. The van der Waals surface area contributed by atoms with Crippen molar-refractivity contribution in [2.45, 2.75) is 45.8 Å². The highest BCUT2D eigenvalue weighted by atomic mass is 28.4. The molecule has 0 saturated heterocycles. The highest BCUT2D eigenvalue weighted by molar-refractivity contribution is 6.74. The van der Waals surface area contributed by atoms with Crippen LogP contribution in [0, 0.1) is 11.3 Å². The van der Waals surface area contributed by atoms with Gasteiger partial charge in [0.15, 0.2) is 0 Å². The third-order valence-corrected chi connectivity index (χ3v) is 8.17. The molecule has 0 radical (unpaired) electrons. The Morgan fingerprint density at radius 1 is 1.16 bits per heavy atom. The third kappa shape index (κ3) is 3.71. The van der Waals surface area contributed by atoms with Gasteiger partial charge in [-0.3, -0.25) is 0 Å². The van der Waals surface area contributed by atoms with Crippen LogP contribution in [0.3, 0.4) is 0 Å². The maximum atomic E-state index is 9.38. The van der Waals surface area contributed by atoms with Gasteiger partial charge in [-0.1, -0.05) is 51.1 Å². The van der Waals surface area contributed by atoms with Crippen LogP contribution in [-0.4, -0.2) is 8.32 Å². The summed E-state index contributed by atoms with van der Waals surface area (Å²) >= 11 is 0. The van der Waals surface area contributed by atoms with Crippen molar-refractivity contribution in [2.24, 2.45) is 0 Å². The van der Waals surface area contributed by atoms with Crippen LogP contribution in [0.15, 0.2) is 36.1 Å². The van der Waals surface area contributed by atoms with Gasteiger partial charge in [-0.05, 0) is 30.6 Å². The number of hydrogen-bond donors (Lipinski definition) is 0. The molecule has 1 aromatic rings. The summed E-state index contributed by atoms with van der Waals surface area (Å²) in [7, 11) is -1.89. The molecule has 0 aliphatic heterocycles. The molecule has 1 aromatic carbocycles. The van der Waals surface area contributed by atoms with Crippen molar-refractivity contribution in [3.63, 3.8) is 0 Å². The zero-order valence-electron chi connectivity index (χ0n) is 12.7. The van der Waals surface area contributed by atoms with Crippen LogP contribution in [0.25, 0.3) is 5.57 Å². The molecule has 0 amide bonds. The molecule has 0 N–H and O–H groups in total. The maximum absolute atomic E-state index is 9.38. The van der Waals surface area contributed by atoms with Gasteiger partial charge in [0, 0.05) is 0 Å². The molecule has 0 heterocycles. The van der Waals surface area contributed by atoms with Gasteiger partial charge in [-0.15, -0.1) is 0 Å². The molecule has 3 heteroatoms. The fourth-order valence-corrected chi connectivity index (χ4v) is 2.71. The summed E-state index contributed by atoms with van der Waals surface area (Å²) in [4.78, 5) is 0. The summed E-state index contributed by atoms with van der Waals surface area (Å²) in [5, 5.41) is 9.51. The van der Waals surface area contributed by atoms with Crippen molar-refractivity contribution < 1.29 is 4.43 Å². The highest BCUT2D eigenvalue weighted by Gasteiger charge is 2.39. The summed E-state index contributed by atoms with van der Waals surface area (Å²) in [6.45, 7) is 12.9. The lowest BCUT2D eigenvalue weighted by molar-refractivity contribution is 0.389. The van der Waals surface area contributed by atoms with E-state index < -0.39 is 8.32 Å². The fraction of sp³-hybridized carbons (Fsp3) is 0.438. The molecule has 1 rings (SSSR count). The Balaban J connectivity index is 3.13. The van der Waals surface area contributed by atoms with E-state index in [0.29, 0.717) is 5.57 Å². The van der Waals surface area contributed by atoms with E-state index in [-0.39, 0.29) is 5.04 Å². The van der Waals surface area contributed by atoms with Crippen LogP contribution >= 0.6 is 0 Å². The van der Waals surface area contributed by atoms with E-state index >= 15 is 0 Å². The molecule has 0 aliphatic carbocycles. The van der Waals surface area contributed by atoms with Crippen LogP contribution in [0.1, 0.15) is 33.3 Å². The van der Waals surface area contributed by atoms with E-state index in [0.717, 1.165) is 11.3 Å². The SMILES string of the molecule is C/C(O[Si](C)(C)C(C)(C)C)=C(/C#N)c1ccccc1. The minimum absolute atomic E-state index is 0.130. The Labute approximate surface area is 117 Å². The summed E-state index contributed by atoms with van der Waals surface area (Å²) in [6.07, 6.45) is 0. The molecule has 102 valence electrons. The zero-order valence-corrected chi connectivity index (χ0v) is 13.7. The number of nitrogens with zero attached hydrogens (tertiary/aromatic N) is 1. The molecular formula is C16H23NOSi. The van der Waals surface area contributed by atoms with E-state index in [1.807, 2.05) is 37.3 Å². The molecule has 0 saturated carbocycles. The summed E-state index contributed by atoms with van der Waals surface area (Å²) in [6, 6.07) is 12.0. The number of rotatable bonds is 3. The molecule has 0 aliphatic rings. The fourth-order valence-electron chi connectivity index (χ4n) is 1.54. The number of benzene rings is 1. The Kier molecular flexibility index (Phi) is 4.59. The van der Waals surface area contributed by atoms with Crippen molar-refractivity contribution in [3.05, 3.63) is 41.7 Å². The summed E-state index contributed by atoms with van der Waals surface area (Å²) in [5.41, 5.74) is 1.55. The van der Waals surface area contributed by atoms with Gasteiger partial charge in [-0.2, -0.15) is 5.26 Å². The van der Waals surface area contributed by atoms with Crippen LogP contribution in [-0.2, 0) is 4.43 Å². The zero-order chi connectivity index (χ0) is 14.7. The van der Waals surface area contributed by atoms with Crippen molar-refractivity contribution >= 4 is 13.9 Å². The lowest BCUT2D eigenvalue weighted by Crippen LogP contribution is -2.40. The molecular weight excluding hydrogens is 250 g/mol. The van der Waals surface area contributed by atoms with Crippen molar-refractivity contribution in [2.75, 3.05) is 0 Å². The van der Waals surface area contributed by atoms with Gasteiger partial charge in [-0.25, -0.2) is 0 Å². The van der Waals surface area contributed by atoms with Crippen LogP contribution in [0.5, 0.6) is 0 Å². The van der Waals surface area contributed by atoms with Crippen molar-refractivity contribution in [3.8, 4) is 6.07 Å². The lowest BCUT2D eigenvalue weighted by Gasteiger charge is -2.37. The average Bonchev–Trinajstić information content (AvgIpc) is 2.29. The van der Waals surface area contributed by atoms with E-state index in [2.05, 4.69) is 39.9 Å². The van der Waals surface area contributed by atoms with Crippen molar-refractivity contribution in [1.29, 1.82) is 5.26 Å². The van der Waals surface area contributed by atoms with Gasteiger partial charge in [0.2, 0.25) is 8.32 Å². The molecule has 0 fully saturated rings. The maximum Gasteiger partial charge on any atom is 0.250 e. The average molecular weight is 273 g/mol. The second-order valence-electron chi connectivity index (χ2n) is 6.27. The van der Waals surface area contributed by atoms with E-state index in [9.17, 15) is 5.26 Å². The summed E-state index contributed by atoms with van der Waals surface area (Å²) < 4.78 is 6.21. The quantitative estimate of drug-likeness (QED) is 0.443. The molecule has 0 unspecified atom stereocenters.